The molecule has 1 N–H and O–H groups in total. The molecule has 1 rings (SSSR count). The van der Waals surface area contributed by atoms with Crippen LogP contribution in [-0.2, 0) is 0 Å². The van der Waals surface area contributed by atoms with Crippen molar-refractivity contribution in [3.8, 4) is 0 Å². The normalized spacial score (nSPS) is 10.5. The molecular weight excluding hydrogens is 212 g/mol. The standard InChI is InChI=1S/C14H22N2O/c1-6-16(10(2)3)14(17)12-8-7-11(4)9-13(12)15-5/h7-10,15H,6H2,1-5H3. The number of amides is 1. The number of hydrogen-bond donors (Lipinski definition) is 1. The van der Waals surface area contributed by atoms with E-state index in [2.05, 4.69) is 5.32 Å². The number of benzene rings is 1. The van der Waals surface area contributed by atoms with Crippen molar-refractivity contribution < 1.29 is 4.79 Å². The van der Waals surface area contributed by atoms with Crippen LogP contribution in [-0.4, -0.2) is 30.4 Å². The van der Waals surface area contributed by atoms with Crippen molar-refractivity contribution in [1.82, 2.24) is 4.90 Å². The predicted molar refractivity (Wildman–Crippen MR) is 72.6 cm³/mol. The molecule has 0 radical (unpaired) electrons. The minimum atomic E-state index is 0.0897. The van der Waals surface area contributed by atoms with Crippen molar-refractivity contribution in [2.75, 3.05) is 18.9 Å². The van der Waals surface area contributed by atoms with Gasteiger partial charge in [-0.1, -0.05) is 6.07 Å². The predicted octanol–water partition coefficient (Wildman–Crippen LogP) is 2.91. The maximum absolute atomic E-state index is 12.4. The van der Waals surface area contributed by atoms with E-state index in [0.29, 0.717) is 0 Å². The van der Waals surface area contributed by atoms with Crippen molar-refractivity contribution >= 4 is 11.6 Å². The van der Waals surface area contributed by atoms with E-state index >= 15 is 0 Å². The number of carbonyl (C=O) groups is 1. The van der Waals surface area contributed by atoms with Crippen LogP contribution < -0.4 is 5.32 Å². The first kappa shape index (κ1) is 13.6. The molecule has 17 heavy (non-hydrogen) atoms. The molecule has 0 saturated heterocycles. The fraction of sp³-hybridized carbons (Fsp3) is 0.500. The quantitative estimate of drug-likeness (QED) is 0.868. The van der Waals surface area contributed by atoms with Crippen molar-refractivity contribution in [2.24, 2.45) is 0 Å². The van der Waals surface area contributed by atoms with Gasteiger partial charge < -0.3 is 10.2 Å². The van der Waals surface area contributed by atoms with Gasteiger partial charge in [-0.3, -0.25) is 4.79 Å². The fourth-order valence-corrected chi connectivity index (χ4v) is 1.95. The number of nitrogens with zero attached hydrogens (tertiary/aromatic N) is 1. The van der Waals surface area contributed by atoms with Gasteiger partial charge in [0.1, 0.15) is 0 Å². The Balaban J connectivity index is 3.11. The van der Waals surface area contributed by atoms with E-state index < -0.39 is 0 Å². The summed E-state index contributed by atoms with van der Waals surface area (Å²) in [6.07, 6.45) is 0. The summed E-state index contributed by atoms with van der Waals surface area (Å²) < 4.78 is 0. The van der Waals surface area contributed by atoms with Gasteiger partial charge in [0.2, 0.25) is 0 Å². The summed E-state index contributed by atoms with van der Waals surface area (Å²) in [6, 6.07) is 6.09. The van der Waals surface area contributed by atoms with Crippen LogP contribution in [0.2, 0.25) is 0 Å². The number of hydrogen-bond acceptors (Lipinski definition) is 2. The summed E-state index contributed by atoms with van der Waals surface area (Å²) in [7, 11) is 1.84. The number of nitrogens with one attached hydrogen (secondary N) is 1. The first-order valence-corrected chi connectivity index (χ1v) is 6.10. The molecular formula is C14H22N2O. The maximum atomic E-state index is 12.4. The molecule has 0 aliphatic carbocycles. The molecule has 1 amide bonds. The van der Waals surface area contributed by atoms with Crippen LogP contribution in [0.3, 0.4) is 0 Å². The van der Waals surface area contributed by atoms with Crippen LogP contribution in [0.25, 0.3) is 0 Å². The Morgan fingerprint density at radius 3 is 2.53 bits per heavy atom. The van der Waals surface area contributed by atoms with Gasteiger partial charge in [0.15, 0.2) is 0 Å². The minimum absolute atomic E-state index is 0.0897. The molecule has 0 fully saturated rings. The minimum Gasteiger partial charge on any atom is -0.387 e. The average Bonchev–Trinajstić information content (AvgIpc) is 2.28. The molecule has 0 unspecified atom stereocenters. The highest BCUT2D eigenvalue weighted by Gasteiger charge is 2.19. The smallest absolute Gasteiger partial charge is 0.256 e. The summed E-state index contributed by atoms with van der Waals surface area (Å²) in [5.41, 5.74) is 2.79. The number of anilines is 1. The Bertz CT molecular complexity index is 399. The molecule has 0 heterocycles. The molecule has 0 spiro atoms. The van der Waals surface area contributed by atoms with E-state index in [9.17, 15) is 4.79 Å². The number of aryl methyl sites for hydroxylation is 1. The number of rotatable bonds is 4. The van der Waals surface area contributed by atoms with E-state index in [4.69, 9.17) is 0 Å². The van der Waals surface area contributed by atoms with Crippen LogP contribution in [0.1, 0.15) is 36.7 Å². The van der Waals surface area contributed by atoms with Crippen LogP contribution >= 0.6 is 0 Å². The van der Waals surface area contributed by atoms with E-state index in [0.717, 1.165) is 23.4 Å². The summed E-state index contributed by atoms with van der Waals surface area (Å²) in [5, 5.41) is 3.09. The van der Waals surface area contributed by atoms with E-state index in [1.165, 1.54) is 0 Å². The topological polar surface area (TPSA) is 32.3 Å². The zero-order valence-electron chi connectivity index (χ0n) is 11.4. The Kier molecular flexibility index (Phi) is 4.55. The van der Waals surface area contributed by atoms with E-state index in [1.807, 2.05) is 57.8 Å². The second kappa shape index (κ2) is 5.71. The monoisotopic (exact) mass is 234 g/mol. The first-order chi connectivity index (χ1) is 8.01. The molecule has 0 atom stereocenters. The van der Waals surface area contributed by atoms with Gasteiger partial charge in [-0.2, -0.15) is 0 Å². The summed E-state index contributed by atoms with van der Waals surface area (Å²) >= 11 is 0. The second-order valence-electron chi connectivity index (χ2n) is 4.48. The lowest BCUT2D eigenvalue weighted by Gasteiger charge is -2.26. The molecule has 3 nitrogen and oxygen atoms in total. The highest BCUT2D eigenvalue weighted by molar-refractivity contribution is 5.99. The highest BCUT2D eigenvalue weighted by Crippen LogP contribution is 2.19. The van der Waals surface area contributed by atoms with Gasteiger partial charge in [0.05, 0.1) is 5.56 Å². The van der Waals surface area contributed by atoms with Crippen molar-refractivity contribution in [2.45, 2.75) is 33.7 Å². The Hall–Kier alpha value is -1.51. The Labute approximate surface area is 104 Å². The zero-order chi connectivity index (χ0) is 13.0. The van der Waals surface area contributed by atoms with Gasteiger partial charge >= 0.3 is 0 Å². The molecule has 1 aromatic rings. The van der Waals surface area contributed by atoms with Crippen LogP contribution in [0.5, 0.6) is 0 Å². The SMILES string of the molecule is CCN(C(=O)c1ccc(C)cc1NC)C(C)C. The highest BCUT2D eigenvalue weighted by atomic mass is 16.2. The van der Waals surface area contributed by atoms with E-state index in [-0.39, 0.29) is 11.9 Å². The zero-order valence-corrected chi connectivity index (χ0v) is 11.4. The third kappa shape index (κ3) is 2.99. The molecule has 0 bridgehead atoms. The van der Waals surface area contributed by atoms with Gasteiger partial charge in [-0.25, -0.2) is 0 Å². The van der Waals surface area contributed by atoms with Crippen LogP contribution in [0, 0.1) is 6.92 Å². The molecule has 0 aromatic heterocycles. The lowest BCUT2D eigenvalue weighted by molar-refractivity contribution is 0.0718. The fourth-order valence-electron chi connectivity index (χ4n) is 1.95. The van der Waals surface area contributed by atoms with Crippen molar-refractivity contribution in [3.05, 3.63) is 29.3 Å². The van der Waals surface area contributed by atoms with Gasteiger partial charge in [-0.15, -0.1) is 0 Å². The molecule has 3 heteroatoms. The lowest BCUT2D eigenvalue weighted by Crippen LogP contribution is -2.37. The number of carbonyl (C=O) groups excluding carboxylic acids is 1. The van der Waals surface area contributed by atoms with Gasteiger partial charge in [0.25, 0.3) is 5.91 Å². The molecule has 94 valence electrons. The van der Waals surface area contributed by atoms with Crippen LogP contribution in [0.15, 0.2) is 18.2 Å². The molecule has 0 saturated carbocycles. The first-order valence-electron chi connectivity index (χ1n) is 6.10. The molecule has 0 aliphatic heterocycles. The Morgan fingerprint density at radius 2 is 2.06 bits per heavy atom. The second-order valence-corrected chi connectivity index (χ2v) is 4.48. The van der Waals surface area contributed by atoms with Crippen molar-refractivity contribution in [3.63, 3.8) is 0 Å². The third-order valence-corrected chi connectivity index (χ3v) is 2.90. The summed E-state index contributed by atoms with van der Waals surface area (Å²) in [6.45, 7) is 8.83. The molecule has 0 aliphatic rings. The maximum Gasteiger partial charge on any atom is 0.256 e. The third-order valence-electron chi connectivity index (χ3n) is 2.90. The lowest BCUT2D eigenvalue weighted by atomic mass is 10.1. The van der Waals surface area contributed by atoms with Crippen LogP contribution in [0.4, 0.5) is 5.69 Å². The van der Waals surface area contributed by atoms with Crippen molar-refractivity contribution in [1.29, 1.82) is 0 Å². The summed E-state index contributed by atoms with van der Waals surface area (Å²) in [5.74, 6) is 0.0897. The Morgan fingerprint density at radius 1 is 1.41 bits per heavy atom. The average molecular weight is 234 g/mol. The van der Waals surface area contributed by atoms with E-state index in [1.54, 1.807) is 0 Å². The van der Waals surface area contributed by atoms with Gasteiger partial charge in [0, 0.05) is 25.3 Å². The largest absolute Gasteiger partial charge is 0.387 e. The molecule has 1 aromatic carbocycles. The summed E-state index contributed by atoms with van der Waals surface area (Å²) in [4.78, 5) is 14.3. The van der Waals surface area contributed by atoms with Gasteiger partial charge in [-0.05, 0) is 45.4 Å².